The molecule has 0 aromatic heterocycles. The number of rotatable bonds is 3. The summed E-state index contributed by atoms with van der Waals surface area (Å²) in [5.41, 5.74) is 7.04. The van der Waals surface area contributed by atoms with E-state index in [1.807, 2.05) is 0 Å². The standard InChI is InChI=1S/C17H34N2/c1-5-15-7-6-8-19(11-15)17(13-18)10-14(2)9-16(3,4)12-17/h14-15H,5-13,18H2,1-4H3. The number of hydrogen-bond acceptors (Lipinski definition) is 2. The Labute approximate surface area is 120 Å². The lowest BCUT2D eigenvalue weighted by atomic mass is 9.63. The van der Waals surface area contributed by atoms with Crippen LogP contribution in [0.2, 0.25) is 0 Å². The van der Waals surface area contributed by atoms with Crippen molar-refractivity contribution in [2.45, 2.75) is 71.8 Å². The fraction of sp³-hybridized carbons (Fsp3) is 1.00. The maximum absolute atomic E-state index is 6.30. The van der Waals surface area contributed by atoms with E-state index < -0.39 is 0 Å². The Bertz CT molecular complexity index is 300. The molecule has 2 nitrogen and oxygen atoms in total. The molecule has 0 spiro atoms. The third-order valence-corrected chi connectivity index (χ3v) is 5.58. The van der Waals surface area contributed by atoms with Gasteiger partial charge in [-0.2, -0.15) is 0 Å². The molecule has 0 radical (unpaired) electrons. The van der Waals surface area contributed by atoms with Gasteiger partial charge in [-0.15, -0.1) is 0 Å². The summed E-state index contributed by atoms with van der Waals surface area (Å²) in [4.78, 5) is 2.78. The van der Waals surface area contributed by atoms with Crippen molar-refractivity contribution in [2.24, 2.45) is 23.0 Å². The van der Waals surface area contributed by atoms with Gasteiger partial charge in [-0.05, 0) is 55.9 Å². The second kappa shape index (κ2) is 5.73. The minimum atomic E-state index is 0.287. The normalized spacial score (nSPS) is 40.3. The minimum absolute atomic E-state index is 0.287. The van der Waals surface area contributed by atoms with Gasteiger partial charge in [0.25, 0.3) is 0 Å². The Balaban J connectivity index is 2.16. The van der Waals surface area contributed by atoms with Gasteiger partial charge in [0.2, 0.25) is 0 Å². The molecule has 1 saturated carbocycles. The molecule has 1 aliphatic heterocycles. The predicted molar refractivity (Wildman–Crippen MR) is 83.2 cm³/mol. The third kappa shape index (κ3) is 3.33. The topological polar surface area (TPSA) is 29.3 Å². The first-order chi connectivity index (χ1) is 8.91. The fourth-order valence-corrected chi connectivity index (χ4v) is 5.05. The average Bonchev–Trinajstić information content (AvgIpc) is 2.36. The molecule has 1 saturated heterocycles. The molecule has 1 heterocycles. The van der Waals surface area contributed by atoms with Crippen molar-refractivity contribution < 1.29 is 0 Å². The Morgan fingerprint density at radius 2 is 2.00 bits per heavy atom. The Kier molecular flexibility index (Phi) is 4.62. The van der Waals surface area contributed by atoms with Gasteiger partial charge >= 0.3 is 0 Å². The van der Waals surface area contributed by atoms with Crippen LogP contribution in [0.5, 0.6) is 0 Å². The zero-order valence-corrected chi connectivity index (χ0v) is 13.5. The number of likely N-dealkylation sites (tertiary alicyclic amines) is 1. The molecule has 0 amide bonds. The Morgan fingerprint density at radius 1 is 1.26 bits per heavy atom. The summed E-state index contributed by atoms with van der Waals surface area (Å²) in [6.07, 6.45) is 8.08. The smallest absolute Gasteiger partial charge is 0.0339 e. The highest BCUT2D eigenvalue weighted by Crippen LogP contribution is 2.47. The van der Waals surface area contributed by atoms with Crippen molar-refractivity contribution in [1.29, 1.82) is 0 Å². The van der Waals surface area contributed by atoms with Gasteiger partial charge in [0, 0.05) is 18.6 Å². The lowest BCUT2D eigenvalue weighted by Crippen LogP contribution is -2.61. The van der Waals surface area contributed by atoms with Crippen LogP contribution in [0.4, 0.5) is 0 Å². The average molecular weight is 266 g/mol. The molecule has 2 aliphatic rings. The highest BCUT2D eigenvalue weighted by atomic mass is 15.2. The minimum Gasteiger partial charge on any atom is -0.329 e. The van der Waals surface area contributed by atoms with Crippen LogP contribution in [-0.2, 0) is 0 Å². The third-order valence-electron chi connectivity index (χ3n) is 5.58. The molecule has 112 valence electrons. The van der Waals surface area contributed by atoms with Crippen LogP contribution < -0.4 is 5.73 Å². The Hall–Kier alpha value is -0.0800. The monoisotopic (exact) mass is 266 g/mol. The highest BCUT2D eigenvalue weighted by Gasteiger charge is 2.46. The number of hydrogen-bond donors (Lipinski definition) is 1. The first-order valence-electron chi connectivity index (χ1n) is 8.36. The molecule has 3 atom stereocenters. The van der Waals surface area contributed by atoms with Gasteiger partial charge in [-0.1, -0.05) is 34.1 Å². The second-order valence-corrected chi connectivity index (χ2v) is 8.15. The van der Waals surface area contributed by atoms with Gasteiger partial charge in [0.15, 0.2) is 0 Å². The summed E-state index contributed by atoms with van der Waals surface area (Å²) in [5.74, 6) is 1.71. The van der Waals surface area contributed by atoms with E-state index >= 15 is 0 Å². The van der Waals surface area contributed by atoms with E-state index in [0.29, 0.717) is 5.41 Å². The molecule has 0 bridgehead atoms. The summed E-state index contributed by atoms with van der Waals surface area (Å²) >= 11 is 0. The zero-order chi connectivity index (χ0) is 14.1. The number of nitrogens with two attached hydrogens (primary N) is 1. The summed E-state index contributed by atoms with van der Waals surface area (Å²) in [6, 6.07) is 0. The van der Waals surface area contributed by atoms with Crippen LogP contribution >= 0.6 is 0 Å². The maximum atomic E-state index is 6.30. The molecule has 2 heteroatoms. The quantitative estimate of drug-likeness (QED) is 0.845. The van der Waals surface area contributed by atoms with Gasteiger partial charge in [-0.25, -0.2) is 0 Å². The summed E-state index contributed by atoms with van der Waals surface area (Å²) in [7, 11) is 0. The van der Waals surface area contributed by atoms with Crippen LogP contribution in [0.1, 0.15) is 66.2 Å². The van der Waals surface area contributed by atoms with E-state index in [-0.39, 0.29) is 5.54 Å². The molecular weight excluding hydrogens is 232 g/mol. The van der Waals surface area contributed by atoms with Crippen molar-refractivity contribution in [1.82, 2.24) is 4.90 Å². The zero-order valence-electron chi connectivity index (χ0n) is 13.5. The predicted octanol–water partition coefficient (Wildman–Crippen LogP) is 3.65. The first kappa shape index (κ1) is 15.3. The van der Waals surface area contributed by atoms with Crippen molar-refractivity contribution in [3.63, 3.8) is 0 Å². The van der Waals surface area contributed by atoms with Gasteiger partial charge in [0.1, 0.15) is 0 Å². The van der Waals surface area contributed by atoms with E-state index in [1.54, 1.807) is 0 Å². The van der Waals surface area contributed by atoms with Crippen molar-refractivity contribution in [3.05, 3.63) is 0 Å². The first-order valence-corrected chi connectivity index (χ1v) is 8.36. The molecule has 2 fully saturated rings. The second-order valence-electron chi connectivity index (χ2n) is 8.15. The molecule has 19 heavy (non-hydrogen) atoms. The van der Waals surface area contributed by atoms with E-state index in [4.69, 9.17) is 5.73 Å². The summed E-state index contributed by atoms with van der Waals surface area (Å²) in [5, 5.41) is 0. The van der Waals surface area contributed by atoms with E-state index in [2.05, 4.69) is 32.6 Å². The van der Waals surface area contributed by atoms with Crippen LogP contribution in [0.3, 0.4) is 0 Å². The lowest BCUT2D eigenvalue weighted by molar-refractivity contribution is -0.0332. The van der Waals surface area contributed by atoms with Crippen LogP contribution in [0.25, 0.3) is 0 Å². The molecule has 1 aliphatic carbocycles. The molecule has 0 aromatic carbocycles. The SMILES string of the molecule is CCC1CCCN(C2(CN)CC(C)CC(C)(C)C2)C1. The van der Waals surface area contributed by atoms with Crippen molar-refractivity contribution >= 4 is 0 Å². The van der Waals surface area contributed by atoms with Crippen LogP contribution in [-0.4, -0.2) is 30.1 Å². The van der Waals surface area contributed by atoms with Crippen LogP contribution in [0.15, 0.2) is 0 Å². The maximum Gasteiger partial charge on any atom is 0.0339 e. The van der Waals surface area contributed by atoms with Gasteiger partial charge in [-0.3, -0.25) is 4.90 Å². The molecule has 2 N–H and O–H groups in total. The van der Waals surface area contributed by atoms with Crippen molar-refractivity contribution in [2.75, 3.05) is 19.6 Å². The highest BCUT2D eigenvalue weighted by molar-refractivity contribution is 5.02. The van der Waals surface area contributed by atoms with Crippen molar-refractivity contribution in [3.8, 4) is 0 Å². The Morgan fingerprint density at radius 3 is 2.58 bits per heavy atom. The molecular formula is C17H34N2. The number of nitrogens with zero attached hydrogens (tertiary/aromatic N) is 1. The summed E-state index contributed by atoms with van der Waals surface area (Å²) in [6.45, 7) is 13.1. The van der Waals surface area contributed by atoms with E-state index in [0.717, 1.165) is 18.4 Å². The lowest BCUT2D eigenvalue weighted by Gasteiger charge is -2.55. The number of piperidine rings is 1. The fourth-order valence-electron chi connectivity index (χ4n) is 5.05. The van der Waals surface area contributed by atoms with Gasteiger partial charge < -0.3 is 5.73 Å². The molecule has 0 aromatic rings. The largest absolute Gasteiger partial charge is 0.329 e. The van der Waals surface area contributed by atoms with E-state index in [9.17, 15) is 0 Å². The molecule has 3 unspecified atom stereocenters. The van der Waals surface area contributed by atoms with E-state index in [1.165, 1.54) is 51.6 Å². The van der Waals surface area contributed by atoms with Crippen LogP contribution in [0, 0.1) is 17.3 Å². The summed E-state index contributed by atoms with van der Waals surface area (Å²) < 4.78 is 0. The van der Waals surface area contributed by atoms with Gasteiger partial charge in [0.05, 0.1) is 0 Å². The molecule has 2 rings (SSSR count).